The highest BCUT2D eigenvalue weighted by Gasteiger charge is 2.16. The molecule has 3 aromatic rings. The first kappa shape index (κ1) is 27.6. The van der Waals surface area contributed by atoms with E-state index < -0.39 is 5.60 Å². The first-order valence-electron chi connectivity index (χ1n) is 13.1. The number of rotatable bonds is 12. The van der Waals surface area contributed by atoms with Crippen molar-refractivity contribution in [1.82, 2.24) is 15.5 Å². The third-order valence-corrected chi connectivity index (χ3v) is 5.92. The molecule has 1 atom stereocenters. The van der Waals surface area contributed by atoms with Crippen LogP contribution in [0, 0.1) is 5.92 Å². The van der Waals surface area contributed by atoms with Gasteiger partial charge >= 0.3 is 5.97 Å². The standard InChI is InChI=1S/C30H41N3O3/c1-7-26(9-8-10-27(34)35-30(4,5)6)31-20-23-13-15-24(16-14-23)28-32-29(36-33-28)25-17-11-22(12-18-25)19-21(2)3/h11-18,21,26,31H,7-10,19-20H2,1-6H3/t26-/m1/s1. The highest BCUT2D eigenvalue weighted by atomic mass is 16.6. The molecular weight excluding hydrogens is 450 g/mol. The molecule has 0 bridgehead atoms. The van der Waals surface area contributed by atoms with Crippen LogP contribution in [0.25, 0.3) is 22.8 Å². The van der Waals surface area contributed by atoms with Crippen LogP contribution < -0.4 is 5.32 Å². The molecule has 0 amide bonds. The molecule has 0 fully saturated rings. The summed E-state index contributed by atoms with van der Waals surface area (Å²) in [5, 5.41) is 7.79. The second kappa shape index (κ2) is 12.8. The van der Waals surface area contributed by atoms with Crippen molar-refractivity contribution in [2.24, 2.45) is 5.92 Å². The zero-order chi connectivity index (χ0) is 26.1. The smallest absolute Gasteiger partial charge is 0.306 e. The fourth-order valence-electron chi connectivity index (χ4n) is 4.08. The van der Waals surface area contributed by atoms with Gasteiger partial charge in [-0.3, -0.25) is 4.79 Å². The summed E-state index contributed by atoms with van der Waals surface area (Å²) in [4.78, 5) is 16.5. The summed E-state index contributed by atoms with van der Waals surface area (Å²) in [6.07, 6.45) is 4.29. The Bertz CT molecular complexity index is 1080. The Balaban J connectivity index is 1.50. The number of aromatic nitrogens is 2. The normalized spacial score (nSPS) is 12.6. The Hall–Kier alpha value is -2.99. The minimum absolute atomic E-state index is 0.124. The summed E-state index contributed by atoms with van der Waals surface area (Å²) in [6, 6.07) is 16.9. The molecule has 0 aliphatic heterocycles. The molecule has 1 N–H and O–H groups in total. The molecule has 1 heterocycles. The molecule has 2 aromatic carbocycles. The van der Waals surface area contributed by atoms with Gasteiger partial charge in [0.15, 0.2) is 0 Å². The minimum Gasteiger partial charge on any atom is -0.460 e. The minimum atomic E-state index is -0.423. The van der Waals surface area contributed by atoms with Gasteiger partial charge in [-0.1, -0.05) is 62.3 Å². The van der Waals surface area contributed by atoms with Crippen molar-refractivity contribution in [3.05, 3.63) is 59.7 Å². The van der Waals surface area contributed by atoms with E-state index >= 15 is 0 Å². The highest BCUT2D eigenvalue weighted by molar-refractivity contribution is 5.69. The van der Waals surface area contributed by atoms with E-state index in [9.17, 15) is 4.79 Å². The molecule has 0 aliphatic rings. The van der Waals surface area contributed by atoms with Gasteiger partial charge in [-0.2, -0.15) is 4.98 Å². The summed E-state index contributed by atoms with van der Waals surface area (Å²) >= 11 is 0. The Kier molecular flexibility index (Phi) is 9.82. The van der Waals surface area contributed by atoms with Crippen LogP contribution in [0.15, 0.2) is 53.1 Å². The lowest BCUT2D eigenvalue weighted by atomic mass is 10.0. The van der Waals surface area contributed by atoms with Gasteiger partial charge < -0.3 is 14.6 Å². The van der Waals surface area contributed by atoms with Crippen molar-refractivity contribution >= 4 is 5.97 Å². The number of benzene rings is 2. The van der Waals surface area contributed by atoms with Crippen molar-refractivity contribution in [3.8, 4) is 22.8 Å². The van der Waals surface area contributed by atoms with E-state index in [4.69, 9.17) is 9.26 Å². The lowest BCUT2D eigenvalue weighted by Crippen LogP contribution is -2.28. The van der Waals surface area contributed by atoms with Gasteiger partial charge in [-0.15, -0.1) is 0 Å². The summed E-state index contributed by atoms with van der Waals surface area (Å²) in [6.45, 7) is 13.1. The van der Waals surface area contributed by atoms with E-state index in [2.05, 4.69) is 60.5 Å². The maximum Gasteiger partial charge on any atom is 0.306 e. The van der Waals surface area contributed by atoms with Gasteiger partial charge in [-0.25, -0.2) is 0 Å². The van der Waals surface area contributed by atoms with E-state index in [0.29, 0.717) is 30.1 Å². The number of carbonyl (C=O) groups is 1. The Morgan fingerprint density at radius 1 is 1.00 bits per heavy atom. The maximum atomic E-state index is 11.9. The van der Waals surface area contributed by atoms with Gasteiger partial charge in [0, 0.05) is 30.1 Å². The second-order valence-electron chi connectivity index (χ2n) is 10.9. The van der Waals surface area contributed by atoms with Crippen LogP contribution in [0.1, 0.15) is 78.4 Å². The SMILES string of the molecule is CC[C@H](CCCC(=O)OC(C)(C)C)NCc1ccc(-c2noc(-c3ccc(CC(C)C)cc3)n2)cc1. The molecule has 0 saturated heterocycles. The number of carbonyl (C=O) groups excluding carboxylic acids is 1. The van der Waals surface area contributed by atoms with Crippen LogP contribution in [0.3, 0.4) is 0 Å². The van der Waals surface area contributed by atoms with Crippen molar-refractivity contribution in [2.75, 3.05) is 0 Å². The van der Waals surface area contributed by atoms with Gasteiger partial charge in [0.25, 0.3) is 5.89 Å². The summed E-state index contributed by atoms with van der Waals surface area (Å²) < 4.78 is 10.9. The van der Waals surface area contributed by atoms with Crippen molar-refractivity contribution < 1.29 is 14.1 Å². The molecule has 0 saturated carbocycles. The van der Waals surface area contributed by atoms with E-state index in [1.165, 1.54) is 11.1 Å². The van der Waals surface area contributed by atoms with Crippen molar-refractivity contribution in [1.29, 1.82) is 0 Å². The van der Waals surface area contributed by atoms with Gasteiger partial charge in [0.1, 0.15) is 5.60 Å². The molecule has 0 unspecified atom stereocenters. The van der Waals surface area contributed by atoms with Crippen molar-refractivity contribution in [2.45, 2.75) is 91.8 Å². The molecule has 0 aliphatic carbocycles. The lowest BCUT2D eigenvalue weighted by Gasteiger charge is -2.20. The highest BCUT2D eigenvalue weighted by Crippen LogP contribution is 2.23. The van der Waals surface area contributed by atoms with Crippen LogP contribution >= 0.6 is 0 Å². The zero-order valence-corrected chi connectivity index (χ0v) is 22.6. The molecule has 3 rings (SSSR count). The second-order valence-corrected chi connectivity index (χ2v) is 10.9. The van der Waals surface area contributed by atoms with Gasteiger partial charge in [0.2, 0.25) is 5.82 Å². The first-order chi connectivity index (χ1) is 17.1. The molecule has 0 radical (unpaired) electrons. The Morgan fingerprint density at radius 2 is 1.64 bits per heavy atom. The third kappa shape index (κ3) is 8.90. The predicted molar refractivity (Wildman–Crippen MR) is 144 cm³/mol. The zero-order valence-electron chi connectivity index (χ0n) is 22.6. The predicted octanol–water partition coefficient (Wildman–Crippen LogP) is 6.98. The van der Waals surface area contributed by atoms with Crippen LogP contribution in [-0.2, 0) is 22.5 Å². The molecule has 0 spiro atoms. The molecule has 6 nitrogen and oxygen atoms in total. The number of nitrogens with zero attached hydrogens (tertiary/aromatic N) is 2. The topological polar surface area (TPSA) is 77.2 Å². The Morgan fingerprint density at radius 3 is 2.25 bits per heavy atom. The molecule has 36 heavy (non-hydrogen) atoms. The number of hydrogen-bond donors (Lipinski definition) is 1. The van der Waals surface area contributed by atoms with Crippen LogP contribution in [0.4, 0.5) is 0 Å². The summed E-state index contributed by atoms with van der Waals surface area (Å²) in [5.74, 6) is 1.62. The maximum absolute atomic E-state index is 11.9. The molecule has 1 aromatic heterocycles. The largest absolute Gasteiger partial charge is 0.460 e. The molecule has 194 valence electrons. The van der Waals surface area contributed by atoms with E-state index in [1.54, 1.807) is 0 Å². The van der Waals surface area contributed by atoms with E-state index in [1.807, 2.05) is 45.0 Å². The van der Waals surface area contributed by atoms with Gasteiger partial charge in [-0.05, 0) is 75.6 Å². The van der Waals surface area contributed by atoms with E-state index in [0.717, 1.165) is 43.4 Å². The molecule has 6 heteroatoms. The average Bonchev–Trinajstić information content (AvgIpc) is 3.31. The fourth-order valence-corrected chi connectivity index (χ4v) is 4.08. The quantitative estimate of drug-likeness (QED) is 0.275. The van der Waals surface area contributed by atoms with Gasteiger partial charge in [0.05, 0.1) is 0 Å². The summed E-state index contributed by atoms with van der Waals surface area (Å²) in [7, 11) is 0. The number of esters is 1. The number of nitrogens with one attached hydrogen (secondary N) is 1. The third-order valence-electron chi connectivity index (χ3n) is 5.92. The van der Waals surface area contributed by atoms with Crippen LogP contribution in [0.5, 0.6) is 0 Å². The van der Waals surface area contributed by atoms with Crippen LogP contribution in [0.2, 0.25) is 0 Å². The Labute approximate surface area is 215 Å². The first-order valence-corrected chi connectivity index (χ1v) is 13.1. The van der Waals surface area contributed by atoms with Crippen LogP contribution in [-0.4, -0.2) is 27.8 Å². The van der Waals surface area contributed by atoms with Crippen molar-refractivity contribution in [3.63, 3.8) is 0 Å². The number of ether oxygens (including phenoxy) is 1. The monoisotopic (exact) mass is 491 g/mol. The summed E-state index contributed by atoms with van der Waals surface area (Å²) in [5.41, 5.74) is 3.93. The van der Waals surface area contributed by atoms with E-state index in [-0.39, 0.29) is 5.97 Å². The molecular formula is C30H41N3O3. The lowest BCUT2D eigenvalue weighted by molar-refractivity contribution is -0.154. The average molecular weight is 492 g/mol. The fraction of sp³-hybridized carbons (Fsp3) is 0.500. The number of hydrogen-bond acceptors (Lipinski definition) is 6.